The van der Waals surface area contributed by atoms with E-state index in [9.17, 15) is 0 Å². The number of aryl methyl sites for hydroxylation is 1. The SMILES string of the molecule is CCCCCCCCn1c2ccccc2c2ccc(-c3cccc4c3Cc3ccccc3-4)c(-c3ccccc3)c21. The summed E-state index contributed by atoms with van der Waals surface area (Å²) in [5.74, 6) is 0. The van der Waals surface area contributed by atoms with Gasteiger partial charge in [-0.05, 0) is 57.9 Å². The first-order chi connectivity index (χ1) is 19.8. The molecule has 1 aromatic heterocycles. The number of hydrogen-bond donors (Lipinski definition) is 0. The van der Waals surface area contributed by atoms with E-state index in [0.717, 1.165) is 13.0 Å². The molecule has 0 saturated heterocycles. The summed E-state index contributed by atoms with van der Waals surface area (Å²) >= 11 is 0. The van der Waals surface area contributed by atoms with Gasteiger partial charge in [0.25, 0.3) is 0 Å². The van der Waals surface area contributed by atoms with E-state index in [0.29, 0.717) is 0 Å². The summed E-state index contributed by atoms with van der Waals surface area (Å²) in [5.41, 5.74) is 13.8. The molecular formula is C39H37N. The number of para-hydroxylation sites is 1. The monoisotopic (exact) mass is 519 g/mol. The van der Waals surface area contributed by atoms with Gasteiger partial charge >= 0.3 is 0 Å². The van der Waals surface area contributed by atoms with Crippen LogP contribution in [0.15, 0.2) is 109 Å². The van der Waals surface area contributed by atoms with Gasteiger partial charge in [-0.1, -0.05) is 142 Å². The van der Waals surface area contributed by atoms with Crippen molar-refractivity contribution in [2.75, 3.05) is 0 Å². The Bertz CT molecular complexity index is 1800. The Kier molecular flexibility index (Phi) is 6.73. The van der Waals surface area contributed by atoms with Gasteiger partial charge in [-0.15, -0.1) is 0 Å². The Balaban J connectivity index is 1.45. The molecule has 0 unspecified atom stereocenters. The van der Waals surface area contributed by atoms with Crippen molar-refractivity contribution in [3.63, 3.8) is 0 Å². The van der Waals surface area contributed by atoms with E-state index in [1.165, 1.54) is 105 Å². The van der Waals surface area contributed by atoms with Crippen molar-refractivity contribution in [1.82, 2.24) is 4.57 Å². The van der Waals surface area contributed by atoms with Crippen LogP contribution in [0.1, 0.15) is 56.6 Å². The van der Waals surface area contributed by atoms with Crippen molar-refractivity contribution in [1.29, 1.82) is 0 Å². The first-order valence-electron chi connectivity index (χ1n) is 15.1. The van der Waals surface area contributed by atoms with Crippen molar-refractivity contribution in [3.8, 4) is 33.4 Å². The summed E-state index contributed by atoms with van der Waals surface area (Å²) in [6.45, 7) is 3.35. The predicted octanol–water partition coefficient (Wildman–Crippen LogP) is 11.1. The third-order valence-corrected chi connectivity index (χ3v) is 8.87. The second-order valence-corrected chi connectivity index (χ2v) is 11.4. The van der Waals surface area contributed by atoms with Crippen molar-refractivity contribution >= 4 is 21.8 Å². The van der Waals surface area contributed by atoms with Crippen LogP contribution in [0.25, 0.3) is 55.2 Å². The Morgan fingerprint density at radius 2 is 1.25 bits per heavy atom. The maximum absolute atomic E-state index is 2.63. The minimum Gasteiger partial charge on any atom is -0.340 e. The van der Waals surface area contributed by atoms with E-state index >= 15 is 0 Å². The molecule has 1 aliphatic rings. The number of nitrogens with zero attached hydrogens (tertiary/aromatic N) is 1. The van der Waals surface area contributed by atoms with Gasteiger partial charge in [-0.2, -0.15) is 0 Å². The highest BCUT2D eigenvalue weighted by atomic mass is 15.0. The van der Waals surface area contributed by atoms with Crippen molar-refractivity contribution < 1.29 is 0 Å². The molecule has 0 bridgehead atoms. The molecular weight excluding hydrogens is 482 g/mol. The average Bonchev–Trinajstić information content (AvgIpc) is 3.55. The Labute approximate surface area is 238 Å². The summed E-state index contributed by atoms with van der Waals surface area (Å²) in [4.78, 5) is 0. The van der Waals surface area contributed by atoms with E-state index in [1.807, 2.05) is 0 Å². The lowest BCUT2D eigenvalue weighted by molar-refractivity contribution is 0.571. The fourth-order valence-corrected chi connectivity index (χ4v) is 6.96. The van der Waals surface area contributed by atoms with E-state index in [2.05, 4.69) is 121 Å². The van der Waals surface area contributed by atoms with E-state index in [1.54, 1.807) is 0 Å². The largest absolute Gasteiger partial charge is 0.340 e. The van der Waals surface area contributed by atoms with E-state index < -0.39 is 0 Å². The highest BCUT2D eigenvalue weighted by Crippen LogP contribution is 2.47. The maximum Gasteiger partial charge on any atom is 0.0577 e. The third kappa shape index (κ3) is 4.25. The summed E-state index contributed by atoms with van der Waals surface area (Å²) in [6, 6.07) is 40.7. The van der Waals surface area contributed by atoms with Gasteiger partial charge in [-0.3, -0.25) is 0 Å². The van der Waals surface area contributed by atoms with Crippen LogP contribution in [-0.2, 0) is 13.0 Å². The number of fused-ring (bicyclic) bond motifs is 6. The van der Waals surface area contributed by atoms with Gasteiger partial charge in [0.15, 0.2) is 0 Å². The second kappa shape index (κ2) is 10.8. The number of hydrogen-bond acceptors (Lipinski definition) is 0. The van der Waals surface area contributed by atoms with E-state index in [-0.39, 0.29) is 0 Å². The van der Waals surface area contributed by atoms with Crippen molar-refractivity contribution in [2.45, 2.75) is 58.4 Å². The second-order valence-electron chi connectivity index (χ2n) is 11.4. The molecule has 1 heteroatoms. The van der Waals surface area contributed by atoms with Crippen LogP contribution in [0.3, 0.4) is 0 Å². The number of aromatic nitrogens is 1. The standard InChI is InChI=1S/C39H37N/c1-2-3-4-5-6-14-26-40-37-23-13-12-20-33(37)35-25-24-34(38(39(35)40)28-16-8-7-9-17-28)32-22-15-21-31-30-19-11-10-18-29(30)27-36(31)32/h7-13,15-25H,2-6,14,26-27H2,1H3. The molecule has 40 heavy (non-hydrogen) atoms. The molecule has 0 radical (unpaired) electrons. The summed E-state index contributed by atoms with van der Waals surface area (Å²) in [7, 11) is 0. The number of unbranched alkanes of at least 4 members (excludes halogenated alkanes) is 5. The maximum atomic E-state index is 2.63. The average molecular weight is 520 g/mol. The Morgan fingerprint density at radius 3 is 2.12 bits per heavy atom. The minimum absolute atomic E-state index is 0.995. The van der Waals surface area contributed by atoms with Gasteiger partial charge in [0.1, 0.15) is 0 Å². The van der Waals surface area contributed by atoms with Gasteiger partial charge in [0, 0.05) is 28.4 Å². The molecule has 198 valence electrons. The lowest BCUT2D eigenvalue weighted by Crippen LogP contribution is -2.01. The summed E-state index contributed by atoms with van der Waals surface area (Å²) < 4.78 is 2.63. The lowest BCUT2D eigenvalue weighted by atomic mass is 9.88. The topological polar surface area (TPSA) is 4.93 Å². The third-order valence-electron chi connectivity index (χ3n) is 8.87. The zero-order valence-electron chi connectivity index (χ0n) is 23.5. The summed E-state index contributed by atoms with van der Waals surface area (Å²) in [6.07, 6.45) is 8.83. The van der Waals surface area contributed by atoms with Crippen LogP contribution in [0.5, 0.6) is 0 Å². The molecule has 0 amide bonds. The molecule has 0 aliphatic heterocycles. The molecule has 0 N–H and O–H groups in total. The van der Waals surface area contributed by atoms with Crippen molar-refractivity contribution in [2.24, 2.45) is 0 Å². The fourth-order valence-electron chi connectivity index (χ4n) is 6.96. The highest BCUT2D eigenvalue weighted by molar-refractivity contribution is 6.15. The van der Waals surface area contributed by atoms with Crippen LogP contribution < -0.4 is 0 Å². The molecule has 0 saturated carbocycles. The van der Waals surface area contributed by atoms with Crippen LogP contribution in [0, 0.1) is 0 Å². The van der Waals surface area contributed by atoms with E-state index in [4.69, 9.17) is 0 Å². The zero-order chi connectivity index (χ0) is 26.9. The smallest absolute Gasteiger partial charge is 0.0577 e. The molecule has 7 rings (SSSR count). The van der Waals surface area contributed by atoms with Crippen molar-refractivity contribution in [3.05, 3.63) is 120 Å². The minimum atomic E-state index is 0.995. The molecule has 5 aromatic carbocycles. The van der Waals surface area contributed by atoms with Gasteiger partial charge in [0.2, 0.25) is 0 Å². The summed E-state index contributed by atoms with van der Waals surface area (Å²) in [5, 5.41) is 2.72. The normalized spacial score (nSPS) is 12.2. The zero-order valence-corrected chi connectivity index (χ0v) is 23.5. The van der Waals surface area contributed by atoms with Crippen LogP contribution in [0.4, 0.5) is 0 Å². The Morgan fingerprint density at radius 1 is 0.550 bits per heavy atom. The molecule has 1 heterocycles. The first kappa shape index (κ1) is 24.9. The van der Waals surface area contributed by atoms with Crippen LogP contribution in [-0.4, -0.2) is 4.57 Å². The number of benzene rings is 5. The molecule has 0 spiro atoms. The molecule has 0 fully saturated rings. The Hall–Kier alpha value is -4.10. The fraction of sp³-hybridized carbons (Fsp3) is 0.231. The molecule has 1 aliphatic carbocycles. The highest BCUT2D eigenvalue weighted by Gasteiger charge is 2.24. The lowest BCUT2D eigenvalue weighted by Gasteiger charge is -2.18. The van der Waals surface area contributed by atoms with Crippen LogP contribution >= 0.6 is 0 Å². The molecule has 6 aromatic rings. The molecule has 1 nitrogen and oxygen atoms in total. The van der Waals surface area contributed by atoms with Gasteiger partial charge < -0.3 is 4.57 Å². The number of rotatable bonds is 9. The first-order valence-corrected chi connectivity index (χ1v) is 15.1. The van der Waals surface area contributed by atoms with Crippen LogP contribution in [0.2, 0.25) is 0 Å². The predicted molar refractivity (Wildman–Crippen MR) is 172 cm³/mol. The quantitative estimate of drug-likeness (QED) is 0.167. The molecule has 0 atom stereocenters. The van der Waals surface area contributed by atoms with Gasteiger partial charge in [-0.25, -0.2) is 0 Å². The van der Waals surface area contributed by atoms with Gasteiger partial charge in [0.05, 0.1) is 5.52 Å².